The van der Waals surface area contributed by atoms with Crippen LogP contribution in [0.1, 0.15) is 42.9 Å². The number of hydrogen-bond donors (Lipinski definition) is 1. The van der Waals surface area contributed by atoms with Crippen molar-refractivity contribution in [3.8, 4) is 11.5 Å². The summed E-state index contributed by atoms with van der Waals surface area (Å²) in [5, 5.41) is 4.28. The van der Waals surface area contributed by atoms with E-state index in [-0.39, 0.29) is 17.1 Å². The van der Waals surface area contributed by atoms with Gasteiger partial charge < -0.3 is 14.8 Å². The zero-order valence-electron chi connectivity index (χ0n) is 21.5. The minimum absolute atomic E-state index is 0.0690. The van der Waals surface area contributed by atoms with Crippen LogP contribution in [0.15, 0.2) is 95.7 Å². The first-order valence-electron chi connectivity index (χ1n) is 12.3. The molecular weight excluding hydrogens is 482 g/mol. The van der Waals surface area contributed by atoms with Crippen LogP contribution in [0, 0.1) is 5.41 Å². The fourth-order valence-corrected chi connectivity index (χ4v) is 5.24. The average molecular weight is 512 g/mol. The maximum absolute atomic E-state index is 14.2. The second kappa shape index (κ2) is 9.95. The highest BCUT2D eigenvalue weighted by Gasteiger charge is 2.42. The standard InChI is InChI=1S/C32H30ClNO3/c1-32(2)19-29-30(31(35)27(32)17-20-5-13-24(36-3)14-6-20)26(21-7-11-23(33)12-8-21)18-28(34-29)22-9-15-25(37-4)16-10-22/h5-18,26,34H,19H2,1-4H3/b27-17+. The van der Waals surface area contributed by atoms with E-state index in [1.54, 1.807) is 14.2 Å². The van der Waals surface area contributed by atoms with Gasteiger partial charge in [-0.05, 0) is 89.2 Å². The number of Topliss-reactive ketones (excluding diaryl/α,β-unsaturated/α-hetero) is 1. The van der Waals surface area contributed by atoms with Gasteiger partial charge in [-0.3, -0.25) is 4.79 Å². The van der Waals surface area contributed by atoms with Crippen molar-refractivity contribution < 1.29 is 14.3 Å². The smallest absolute Gasteiger partial charge is 0.188 e. The van der Waals surface area contributed by atoms with Gasteiger partial charge in [-0.1, -0.05) is 49.7 Å². The summed E-state index contributed by atoms with van der Waals surface area (Å²) in [6.45, 7) is 4.27. The predicted molar refractivity (Wildman–Crippen MR) is 150 cm³/mol. The van der Waals surface area contributed by atoms with Crippen LogP contribution in [0.5, 0.6) is 11.5 Å². The summed E-state index contributed by atoms with van der Waals surface area (Å²) in [6.07, 6.45) is 4.88. The number of rotatable bonds is 5. The zero-order valence-corrected chi connectivity index (χ0v) is 22.2. The molecule has 4 nitrogen and oxygen atoms in total. The van der Waals surface area contributed by atoms with Crippen molar-refractivity contribution in [2.75, 3.05) is 14.2 Å². The molecule has 2 aliphatic rings. The lowest BCUT2D eigenvalue weighted by Crippen LogP contribution is -2.37. The molecule has 3 aromatic rings. The number of methoxy groups -OCH3 is 2. The van der Waals surface area contributed by atoms with Gasteiger partial charge >= 0.3 is 0 Å². The van der Waals surface area contributed by atoms with Crippen LogP contribution in [0.3, 0.4) is 0 Å². The zero-order chi connectivity index (χ0) is 26.2. The highest BCUT2D eigenvalue weighted by molar-refractivity contribution is 6.30. The molecule has 0 fully saturated rings. The summed E-state index contributed by atoms with van der Waals surface area (Å²) >= 11 is 6.21. The third kappa shape index (κ3) is 4.94. The van der Waals surface area contributed by atoms with E-state index in [1.165, 1.54) is 0 Å². The summed E-state index contributed by atoms with van der Waals surface area (Å²) in [5.74, 6) is 1.46. The molecule has 1 aliphatic carbocycles. The molecule has 0 saturated carbocycles. The monoisotopic (exact) mass is 511 g/mol. The molecule has 1 aliphatic heterocycles. The first-order valence-corrected chi connectivity index (χ1v) is 12.7. The summed E-state index contributed by atoms with van der Waals surface area (Å²) in [7, 11) is 3.31. The molecule has 1 atom stereocenters. The van der Waals surface area contributed by atoms with Crippen molar-refractivity contribution in [3.05, 3.63) is 117 Å². The van der Waals surface area contributed by atoms with Crippen LogP contribution < -0.4 is 14.8 Å². The minimum Gasteiger partial charge on any atom is -0.497 e. The summed E-state index contributed by atoms with van der Waals surface area (Å²) in [6, 6.07) is 23.5. The number of dihydropyridines is 1. The SMILES string of the molecule is COc1ccc(/C=C2\C(=O)C3=C(CC2(C)C)NC(c2ccc(OC)cc2)=CC3c2ccc(Cl)cc2)cc1. The average Bonchev–Trinajstić information content (AvgIpc) is 2.91. The molecule has 0 spiro atoms. The molecule has 5 rings (SSSR count). The number of carbonyl (C=O) groups is 1. The molecule has 1 N–H and O–H groups in total. The van der Waals surface area contributed by atoms with Gasteiger partial charge in [0.15, 0.2) is 5.78 Å². The third-order valence-corrected chi connectivity index (χ3v) is 7.40. The molecular formula is C32H30ClNO3. The van der Waals surface area contributed by atoms with Crippen molar-refractivity contribution in [2.45, 2.75) is 26.2 Å². The lowest BCUT2D eigenvalue weighted by atomic mass is 9.67. The number of ketones is 1. The number of ether oxygens (including phenoxy) is 2. The molecule has 37 heavy (non-hydrogen) atoms. The van der Waals surface area contributed by atoms with Gasteiger partial charge in [0.2, 0.25) is 0 Å². The molecule has 0 saturated heterocycles. The maximum Gasteiger partial charge on any atom is 0.188 e. The minimum atomic E-state index is -0.351. The molecule has 3 aromatic carbocycles. The Bertz CT molecular complexity index is 1410. The highest BCUT2D eigenvalue weighted by Crippen LogP contribution is 2.48. The largest absolute Gasteiger partial charge is 0.497 e. The van der Waals surface area contributed by atoms with E-state index in [0.29, 0.717) is 11.4 Å². The molecule has 5 heteroatoms. The topological polar surface area (TPSA) is 47.6 Å². The molecule has 0 bridgehead atoms. The number of allylic oxidation sites excluding steroid dienone is 4. The van der Waals surface area contributed by atoms with Gasteiger partial charge in [-0.2, -0.15) is 0 Å². The fraction of sp³-hybridized carbons (Fsp3) is 0.219. The molecule has 1 heterocycles. The Morgan fingerprint density at radius 3 is 2.08 bits per heavy atom. The predicted octanol–water partition coefficient (Wildman–Crippen LogP) is 7.42. The van der Waals surface area contributed by atoms with E-state index in [4.69, 9.17) is 21.1 Å². The van der Waals surface area contributed by atoms with Crippen LogP contribution in [-0.2, 0) is 4.79 Å². The Morgan fingerprint density at radius 2 is 1.49 bits per heavy atom. The maximum atomic E-state index is 14.2. The van der Waals surface area contributed by atoms with Crippen LogP contribution in [0.2, 0.25) is 5.02 Å². The van der Waals surface area contributed by atoms with E-state index in [9.17, 15) is 4.79 Å². The molecule has 0 amide bonds. The Labute approximate surface area is 223 Å². The van der Waals surface area contributed by atoms with E-state index < -0.39 is 0 Å². The normalized spacial score (nSPS) is 19.7. The molecule has 0 radical (unpaired) electrons. The van der Waals surface area contributed by atoms with E-state index >= 15 is 0 Å². The van der Waals surface area contributed by atoms with Gasteiger partial charge in [-0.25, -0.2) is 0 Å². The number of benzene rings is 3. The lowest BCUT2D eigenvalue weighted by molar-refractivity contribution is -0.113. The van der Waals surface area contributed by atoms with Crippen LogP contribution in [0.4, 0.5) is 0 Å². The third-order valence-electron chi connectivity index (χ3n) is 7.15. The van der Waals surface area contributed by atoms with Gasteiger partial charge in [0, 0.05) is 33.5 Å². The van der Waals surface area contributed by atoms with Crippen molar-refractivity contribution >= 4 is 29.2 Å². The van der Waals surface area contributed by atoms with Crippen molar-refractivity contribution in [3.63, 3.8) is 0 Å². The molecule has 0 aromatic heterocycles. The number of nitrogens with one attached hydrogen (secondary N) is 1. The molecule has 1 unspecified atom stereocenters. The Morgan fingerprint density at radius 1 is 0.892 bits per heavy atom. The van der Waals surface area contributed by atoms with E-state index in [2.05, 4.69) is 25.2 Å². The van der Waals surface area contributed by atoms with E-state index in [1.807, 2.05) is 78.9 Å². The number of halogens is 1. The summed E-state index contributed by atoms with van der Waals surface area (Å²) in [5.41, 5.74) is 6.23. The van der Waals surface area contributed by atoms with Gasteiger partial charge in [0.05, 0.1) is 14.2 Å². The van der Waals surface area contributed by atoms with Crippen molar-refractivity contribution in [1.29, 1.82) is 0 Å². The Balaban J connectivity index is 1.60. The fourth-order valence-electron chi connectivity index (χ4n) is 5.12. The van der Waals surface area contributed by atoms with Crippen LogP contribution >= 0.6 is 11.6 Å². The van der Waals surface area contributed by atoms with Gasteiger partial charge in [0.25, 0.3) is 0 Å². The summed E-state index contributed by atoms with van der Waals surface area (Å²) < 4.78 is 10.6. The van der Waals surface area contributed by atoms with Crippen LogP contribution in [-0.4, -0.2) is 20.0 Å². The van der Waals surface area contributed by atoms with Crippen LogP contribution in [0.25, 0.3) is 11.8 Å². The van der Waals surface area contributed by atoms with Gasteiger partial charge in [0.1, 0.15) is 11.5 Å². The highest BCUT2D eigenvalue weighted by atomic mass is 35.5. The Kier molecular flexibility index (Phi) is 6.70. The van der Waals surface area contributed by atoms with E-state index in [0.717, 1.165) is 50.7 Å². The van der Waals surface area contributed by atoms with Crippen molar-refractivity contribution in [1.82, 2.24) is 5.32 Å². The lowest BCUT2D eigenvalue weighted by Gasteiger charge is -2.40. The second-order valence-corrected chi connectivity index (χ2v) is 10.5. The summed E-state index contributed by atoms with van der Waals surface area (Å²) in [4.78, 5) is 14.2. The molecule has 188 valence electrons. The Hall–Kier alpha value is -3.76. The quantitative estimate of drug-likeness (QED) is 0.362. The first-order chi connectivity index (χ1) is 17.8. The van der Waals surface area contributed by atoms with Crippen molar-refractivity contribution in [2.24, 2.45) is 5.41 Å². The number of carbonyl (C=O) groups excluding carboxylic acids is 1. The number of hydrogen-bond acceptors (Lipinski definition) is 4. The van der Waals surface area contributed by atoms with Gasteiger partial charge in [-0.15, -0.1) is 0 Å². The first kappa shape index (κ1) is 24.9. The second-order valence-electron chi connectivity index (χ2n) is 10.1.